The summed E-state index contributed by atoms with van der Waals surface area (Å²) in [5.41, 5.74) is 0.605. The quantitative estimate of drug-likeness (QED) is 0.253. The van der Waals surface area contributed by atoms with Gasteiger partial charge in [-0.05, 0) is 23.8 Å². The molecule has 3 aromatic rings. The zero-order valence-corrected chi connectivity index (χ0v) is 17.3. The van der Waals surface area contributed by atoms with Crippen molar-refractivity contribution in [2.24, 2.45) is 17.3 Å². The van der Waals surface area contributed by atoms with Crippen LogP contribution in [-0.2, 0) is 23.6 Å². The van der Waals surface area contributed by atoms with Gasteiger partial charge in [0, 0.05) is 24.3 Å². The van der Waals surface area contributed by atoms with E-state index in [-0.39, 0.29) is 33.5 Å². The number of azo groups is 1. The van der Waals surface area contributed by atoms with Crippen LogP contribution in [0.3, 0.4) is 0 Å². The van der Waals surface area contributed by atoms with E-state index in [0.29, 0.717) is 0 Å². The number of hydrogen-bond donors (Lipinski definition) is 1. The van der Waals surface area contributed by atoms with Crippen LogP contribution < -0.4 is 9.29 Å². The van der Waals surface area contributed by atoms with Crippen LogP contribution in [0.15, 0.2) is 82.1 Å². The van der Waals surface area contributed by atoms with Gasteiger partial charge in [0.05, 0.1) is 22.2 Å². The molecule has 0 saturated carbocycles. The number of rotatable bonds is 7. The molecular formula is C19H17ClN5O4S+. The predicted octanol–water partition coefficient (Wildman–Crippen LogP) is 4.16. The number of aryl methyl sites for hydroxylation is 1. The molecule has 154 valence electrons. The minimum atomic E-state index is -4.22. The topological polar surface area (TPSA) is 118 Å². The third-order valence-corrected chi connectivity index (χ3v) is 5.77. The Labute approximate surface area is 177 Å². The largest absolute Gasteiger partial charge is 0.278 e. The van der Waals surface area contributed by atoms with E-state index in [9.17, 15) is 18.5 Å². The monoisotopic (exact) mass is 446 g/mol. The van der Waals surface area contributed by atoms with E-state index >= 15 is 0 Å². The summed E-state index contributed by atoms with van der Waals surface area (Å²) in [5.74, 6) is 0. The first-order valence-corrected chi connectivity index (χ1v) is 10.5. The van der Waals surface area contributed by atoms with Crippen LogP contribution in [0, 0.1) is 10.1 Å². The second-order valence-corrected chi connectivity index (χ2v) is 8.32. The normalized spacial score (nSPS) is 11.5. The number of pyridine rings is 1. The lowest BCUT2D eigenvalue weighted by Crippen LogP contribution is -2.25. The van der Waals surface area contributed by atoms with Gasteiger partial charge in [0.15, 0.2) is 12.4 Å². The van der Waals surface area contributed by atoms with Crippen LogP contribution in [-0.4, -0.2) is 13.3 Å². The fourth-order valence-electron chi connectivity index (χ4n) is 2.49. The summed E-state index contributed by atoms with van der Waals surface area (Å²) >= 11 is 6.02. The molecule has 2 aromatic carbocycles. The highest BCUT2D eigenvalue weighted by Crippen LogP contribution is 2.32. The summed E-state index contributed by atoms with van der Waals surface area (Å²) in [5, 5.41) is 19.4. The van der Waals surface area contributed by atoms with Crippen molar-refractivity contribution in [2.75, 3.05) is 4.72 Å². The van der Waals surface area contributed by atoms with Crippen molar-refractivity contribution in [3.63, 3.8) is 0 Å². The van der Waals surface area contributed by atoms with Crippen molar-refractivity contribution in [1.82, 2.24) is 0 Å². The molecule has 0 aliphatic heterocycles. The summed E-state index contributed by atoms with van der Waals surface area (Å²) in [6.45, 7) is 0.218. The smallest absolute Gasteiger partial charge is 0.270 e. The van der Waals surface area contributed by atoms with Crippen LogP contribution in [0.4, 0.5) is 17.1 Å². The van der Waals surface area contributed by atoms with E-state index < -0.39 is 14.9 Å². The molecule has 9 nitrogen and oxygen atoms in total. The van der Waals surface area contributed by atoms with Crippen LogP contribution in [0.2, 0.25) is 5.02 Å². The third-order valence-electron chi connectivity index (χ3n) is 4.04. The zero-order chi connectivity index (χ0) is 21.7. The number of sulfonamides is 1. The van der Waals surface area contributed by atoms with E-state index in [4.69, 9.17) is 11.6 Å². The van der Waals surface area contributed by atoms with Crippen LogP contribution in [0.1, 0.15) is 5.56 Å². The van der Waals surface area contributed by atoms with Gasteiger partial charge < -0.3 is 0 Å². The molecule has 1 heterocycles. The molecule has 0 amide bonds. The number of nitrogens with one attached hydrogen (secondary N) is 1. The Hall–Kier alpha value is -3.37. The molecule has 11 heteroatoms. The molecule has 0 atom stereocenters. The summed E-state index contributed by atoms with van der Waals surface area (Å²) in [6.07, 6.45) is 3.69. The van der Waals surface area contributed by atoms with Crippen molar-refractivity contribution in [2.45, 2.75) is 11.4 Å². The summed E-state index contributed by atoms with van der Waals surface area (Å²) in [7, 11) is -2.34. The second kappa shape index (κ2) is 8.97. The number of nitro benzene ring substituents is 1. The minimum absolute atomic E-state index is 0.0263. The average molecular weight is 447 g/mol. The van der Waals surface area contributed by atoms with Crippen molar-refractivity contribution < 1.29 is 17.9 Å². The Morgan fingerprint density at radius 1 is 1.13 bits per heavy atom. The first-order valence-electron chi connectivity index (χ1n) is 8.64. The highest BCUT2D eigenvalue weighted by atomic mass is 35.5. The van der Waals surface area contributed by atoms with Gasteiger partial charge in [0.25, 0.3) is 15.7 Å². The van der Waals surface area contributed by atoms with Gasteiger partial charge in [0.1, 0.15) is 17.6 Å². The maximum Gasteiger partial charge on any atom is 0.270 e. The predicted molar refractivity (Wildman–Crippen MR) is 111 cm³/mol. The molecule has 1 aromatic heterocycles. The highest BCUT2D eigenvalue weighted by molar-refractivity contribution is 7.92. The molecule has 0 radical (unpaired) electrons. The molecular weight excluding hydrogens is 430 g/mol. The molecule has 0 spiro atoms. The van der Waals surface area contributed by atoms with Gasteiger partial charge in [-0.25, -0.2) is 13.0 Å². The van der Waals surface area contributed by atoms with E-state index in [2.05, 4.69) is 15.0 Å². The molecule has 30 heavy (non-hydrogen) atoms. The molecule has 3 rings (SSSR count). The van der Waals surface area contributed by atoms with Gasteiger partial charge in [-0.2, -0.15) is 10.2 Å². The van der Waals surface area contributed by atoms with Crippen LogP contribution in [0.25, 0.3) is 0 Å². The van der Waals surface area contributed by atoms with Crippen molar-refractivity contribution >= 4 is 38.7 Å². The maximum atomic E-state index is 12.9. The Kier molecular flexibility index (Phi) is 6.38. The number of non-ortho nitro benzene ring substituents is 1. The Bertz CT molecular complexity index is 1210. The van der Waals surface area contributed by atoms with Crippen LogP contribution in [0.5, 0.6) is 0 Å². The van der Waals surface area contributed by atoms with Gasteiger partial charge in [-0.1, -0.05) is 23.7 Å². The van der Waals surface area contributed by atoms with Crippen molar-refractivity contribution in [3.8, 4) is 0 Å². The van der Waals surface area contributed by atoms with Crippen LogP contribution >= 0.6 is 11.6 Å². The minimum Gasteiger partial charge on any atom is -0.278 e. The number of nitrogens with zero attached hydrogens (tertiary/aromatic N) is 4. The van der Waals surface area contributed by atoms with E-state index in [0.717, 1.165) is 11.6 Å². The van der Waals surface area contributed by atoms with Gasteiger partial charge in [-0.3, -0.25) is 14.8 Å². The van der Waals surface area contributed by atoms with Gasteiger partial charge in [-0.15, -0.1) is 0 Å². The van der Waals surface area contributed by atoms with Gasteiger partial charge >= 0.3 is 0 Å². The van der Waals surface area contributed by atoms with E-state index in [1.165, 1.54) is 24.3 Å². The molecule has 1 N–H and O–H groups in total. The fourth-order valence-corrected chi connectivity index (χ4v) is 3.96. The lowest BCUT2D eigenvalue weighted by Gasteiger charge is -2.11. The molecule has 0 unspecified atom stereocenters. The number of halogens is 1. The fraction of sp³-hybridized carbons (Fsp3) is 0.105. The summed E-state index contributed by atoms with van der Waals surface area (Å²) in [6, 6.07) is 13.3. The second-order valence-electron chi connectivity index (χ2n) is 6.27. The first kappa shape index (κ1) is 21.3. The number of aromatic nitrogens is 1. The first-order chi connectivity index (χ1) is 14.3. The summed E-state index contributed by atoms with van der Waals surface area (Å²) in [4.78, 5) is 10.1. The lowest BCUT2D eigenvalue weighted by molar-refractivity contribution is -0.671. The molecule has 0 fully saturated rings. The average Bonchev–Trinajstić information content (AvgIpc) is 2.71. The maximum absolute atomic E-state index is 12.9. The molecule has 0 saturated heterocycles. The van der Waals surface area contributed by atoms with Gasteiger partial charge in [0.2, 0.25) is 0 Å². The third kappa shape index (κ3) is 5.16. The number of hydrogen-bond acceptors (Lipinski definition) is 6. The lowest BCUT2D eigenvalue weighted by atomic mass is 10.3. The highest BCUT2D eigenvalue weighted by Gasteiger charge is 2.23. The number of anilines is 1. The number of nitro groups is 1. The Balaban J connectivity index is 1.95. The standard InChI is InChI=1S/C19H17ClN5O4S/c1-24-10-8-14(9-11-24)13-21-22-18-7-6-15(25(26)27)12-19(18)30(28,29)23-17-5-3-2-4-16(17)20/h2-12,23H,13H2,1H3/q+1. The van der Waals surface area contributed by atoms with Crippen molar-refractivity contribution in [3.05, 3.63) is 87.7 Å². The summed E-state index contributed by atoms with van der Waals surface area (Å²) < 4.78 is 30.0. The molecule has 0 aliphatic carbocycles. The van der Waals surface area contributed by atoms with E-state index in [1.54, 1.807) is 12.1 Å². The van der Waals surface area contributed by atoms with E-state index in [1.807, 2.05) is 36.1 Å². The number of para-hydroxylation sites is 1. The molecule has 0 bridgehead atoms. The molecule has 0 aliphatic rings. The zero-order valence-electron chi connectivity index (χ0n) is 15.8. The SMILES string of the molecule is C[n+]1ccc(CN=Nc2ccc([N+](=O)[O-])cc2S(=O)(=O)Nc2ccccc2Cl)cc1. The Morgan fingerprint density at radius 2 is 1.83 bits per heavy atom. The Morgan fingerprint density at radius 3 is 2.50 bits per heavy atom. The van der Waals surface area contributed by atoms with Crippen molar-refractivity contribution in [1.29, 1.82) is 0 Å². The number of benzene rings is 2.